The number of nitriles is 1. The molecule has 6 heteroatoms. The number of carbonyl (C=O) groups excluding carboxylic acids is 1. The van der Waals surface area contributed by atoms with Gasteiger partial charge in [-0.3, -0.25) is 4.79 Å². The van der Waals surface area contributed by atoms with Crippen molar-refractivity contribution in [1.29, 1.82) is 5.26 Å². The van der Waals surface area contributed by atoms with Crippen molar-refractivity contribution in [1.82, 2.24) is 9.88 Å². The van der Waals surface area contributed by atoms with Crippen molar-refractivity contribution in [2.75, 3.05) is 18.4 Å². The maximum atomic E-state index is 12.4. The predicted molar refractivity (Wildman–Crippen MR) is 82.9 cm³/mol. The highest BCUT2D eigenvalue weighted by Crippen LogP contribution is 2.14. The van der Waals surface area contributed by atoms with E-state index in [2.05, 4.69) is 10.3 Å². The Morgan fingerprint density at radius 1 is 1.50 bits per heavy atom. The third-order valence-electron chi connectivity index (χ3n) is 3.42. The average Bonchev–Trinajstić information content (AvgIpc) is 2.48. The Morgan fingerprint density at radius 3 is 2.77 bits per heavy atom. The van der Waals surface area contributed by atoms with E-state index in [1.54, 1.807) is 11.1 Å². The van der Waals surface area contributed by atoms with Gasteiger partial charge in [-0.15, -0.1) is 0 Å². The largest absolute Gasteiger partial charge is 0.372 e. The summed E-state index contributed by atoms with van der Waals surface area (Å²) in [7, 11) is 0. The minimum absolute atomic E-state index is 0.0290. The second-order valence-corrected chi connectivity index (χ2v) is 5.45. The minimum atomic E-state index is -0.286. The fourth-order valence-electron chi connectivity index (χ4n) is 2.43. The molecule has 0 aliphatic carbocycles. The number of rotatable bonds is 3. The molecule has 1 aromatic rings. The number of aryl methyl sites for hydroxylation is 1. The molecule has 1 N–H and O–H groups in total. The lowest BCUT2D eigenvalue weighted by molar-refractivity contribution is -0.138. The van der Waals surface area contributed by atoms with Gasteiger partial charge in [0.2, 0.25) is 0 Å². The van der Waals surface area contributed by atoms with Crippen molar-refractivity contribution < 1.29 is 9.53 Å². The second kappa shape index (κ2) is 7.05. The number of ether oxygens (including phenoxy) is 1. The molecule has 1 aromatic heterocycles. The molecule has 1 aliphatic heterocycles. The van der Waals surface area contributed by atoms with E-state index in [1.165, 1.54) is 6.20 Å². The highest BCUT2D eigenvalue weighted by Gasteiger charge is 2.27. The van der Waals surface area contributed by atoms with E-state index < -0.39 is 0 Å². The van der Waals surface area contributed by atoms with E-state index in [0.717, 1.165) is 5.56 Å². The first-order valence-electron chi connectivity index (χ1n) is 7.24. The summed E-state index contributed by atoms with van der Waals surface area (Å²) < 4.78 is 5.60. The highest BCUT2D eigenvalue weighted by molar-refractivity contribution is 5.97. The van der Waals surface area contributed by atoms with Gasteiger partial charge in [-0.2, -0.15) is 5.26 Å². The average molecular weight is 300 g/mol. The molecule has 0 spiro atoms. The molecule has 0 saturated carbocycles. The third-order valence-corrected chi connectivity index (χ3v) is 3.42. The van der Waals surface area contributed by atoms with Crippen molar-refractivity contribution >= 4 is 11.7 Å². The molecule has 1 amide bonds. The van der Waals surface area contributed by atoms with Crippen LogP contribution in [0.2, 0.25) is 0 Å². The lowest BCUT2D eigenvalue weighted by Gasteiger charge is -2.35. The number of pyridine rings is 1. The summed E-state index contributed by atoms with van der Waals surface area (Å²) in [4.78, 5) is 18.3. The number of amides is 1. The molecule has 22 heavy (non-hydrogen) atoms. The Kier molecular flexibility index (Phi) is 5.12. The number of nitrogens with one attached hydrogen (secondary N) is 1. The maximum absolute atomic E-state index is 12.4. The van der Waals surface area contributed by atoms with Crippen LogP contribution in [0.3, 0.4) is 0 Å². The Hall–Kier alpha value is -2.39. The van der Waals surface area contributed by atoms with Gasteiger partial charge >= 0.3 is 0 Å². The standard InChI is InChI=1S/C16H20N4O2/c1-11-5-4-6-18-15(11)19-8-14(7-17)16(21)20-9-12(2)22-13(3)10-20/h4-6,8,12-13H,9-10H2,1-3H3,(H,18,19)/b14-8-. The molecule has 1 saturated heterocycles. The topological polar surface area (TPSA) is 78.2 Å². The highest BCUT2D eigenvalue weighted by atomic mass is 16.5. The van der Waals surface area contributed by atoms with E-state index in [0.29, 0.717) is 18.9 Å². The Balaban J connectivity index is 2.10. The second-order valence-electron chi connectivity index (χ2n) is 5.45. The number of carbonyl (C=O) groups is 1. The Bertz CT molecular complexity index is 611. The summed E-state index contributed by atoms with van der Waals surface area (Å²) in [6.07, 6.45) is 3.02. The number of anilines is 1. The summed E-state index contributed by atoms with van der Waals surface area (Å²) in [6.45, 7) is 6.72. The first kappa shape index (κ1) is 16.0. The van der Waals surface area contributed by atoms with Gasteiger partial charge in [0.25, 0.3) is 5.91 Å². The number of hydrogen-bond acceptors (Lipinski definition) is 5. The summed E-state index contributed by atoms with van der Waals surface area (Å²) in [5, 5.41) is 12.2. The van der Waals surface area contributed by atoms with Gasteiger partial charge in [0.05, 0.1) is 12.2 Å². The van der Waals surface area contributed by atoms with Crippen LogP contribution < -0.4 is 5.32 Å². The summed E-state index contributed by atoms with van der Waals surface area (Å²) >= 11 is 0. The van der Waals surface area contributed by atoms with Gasteiger partial charge in [-0.1, -0.05) is 6.07 Å². The lowest BCUT2D eigenvalue weighted by Crippen LogP contribution is -2.48. The van der Waals surface area contributed by atoms with Crippen LogP contribution in [-0.2, 0) is 9.53 Å². The maximum Gasteiger partial charge on any atom is 0.266 e. The molecule has 2 unspecified atom stereocenters. The minimum Gasteiger partial charge on any atom is -0.372 e. The van der Waals surface area contributed by atoms with Gasteiger partial charge in [-0.25, -0.2) is 4.98 Å². The predicted octanol–water partition coefficient (Wildman–Crippen LogP) is 1.85. The van der Waals surface area contributed by atoms with Gasteiger partial charge in [-0.05, 0) is 32.4 Å². The molecule has 2 rings (SSSR count). The monoisotopic (exact) mass is 300 g/mol. The molecule has 2 heterocycles. The number of hydrogen-bond donors (Lipinski definition) is 1. The zero-order valence-corrected chi connectivity index (χ0v) is 13.0. The molecule has 0 bridgehead atoms. The normalized spacial score (nSPS) is 22.1. The van der Waals surface area contributed by atoms with Crippen LogP contribution in [-0.4, -0.2) is 41.1 Å². The SMILES string of the molecule is Cc1cccnc1N/C=C(/C#N)C(=O)N1CC(C)OC(C)C1. The van der Waals surface area contributed by atoms with Crippen LogP contribution in [0.5, 0.6) is 0 Å². The Morgan fingerprint density at radius 2 is 2.18 bits per heavy atom. The van der Waals surface area contributed by atoms with Crippen molar-refractivity contribution in [3.63, 3.8) is 0 Å². The molecule has 6 nitrogen and oxygen atoms in total. The number of nitrogens with zero attached hydrogens (tertiary/aromatic N) is 3. The van der Waals surface area contributed by atoms with Gasteiger partial charge in [0.15, 0.2) is 0 Å². The molecular formula is C16H20N4O2. The zero-order valence-electron chi connectivity index (χ0n) is 13.0. The molecule has 116 valence electrons. The van der Waals surface area contributed by atoms with E-state index in [4.69, 9.17) is 4.74 Å². The van der Waals surface area contributed by atoms with E-state index >= 15 is 0 Å². The van der Waals surface area contributed by atoms with Crippen molar-refractivity contribution in [3.8, 4) is 6.07 Å². The lowest BCUT2D eigenvalue weighted by atomic mass is 10.2. The molecular weight excluding hydrogens is 280 g/mol. The molecule has 0 aromatic carbocycles. The van der Waals surface area contributed by atoms with E-state index in [9.17, 15) is 10.1 Å². The first-order chi connectivity index (χ1) is 10.5. The molecule has 2 atom stereocenters. The van der Waals surface area contributed by atoms with Crippen LogP contribution in [0.4, 0.5) is 5.82 Å². The Labute approximate surface area is 130 Å². The summed E-state index contributed by atoms with van der Waals surface area (Å²) in [5.41, 5.74) is 1.00. The van der Waals surface area contributed by atoms with Gasteiger partial charge in [0, 0.05) is 25.5 Å². The fourth-order valence-corrected chi connectivity index (χ4v) is 2.43. The smallest absolute Gasteiger partial charge is 0.266 e. The summed E-state index contributed by atoms with van der Waals surface area (Å²) in [6, 6.07) is 5.69. The van der Waals surface area contributed by atoms with Crippen LogP contribution in [0.25, 0.3) is 0 Å². The van der Waals surface area contributed by atoms with Crippen molar-refractivity contribution in [2.45, 2.75) is 33.0 Å². The molecule has 1 aliphatic rings. The molecule has 0 radical (unpaired) electrons. The number of aromatic nitrogens is 1. The first-order valence-corrected chi connectivity index (χ1v) is 7.24. The van der Waals surface area contributed by atoms with E-state index in [-0.39, 0.29) is 23.7 Å². The number of morpholine rings is 1. The van der Waals surface area contributed by atoms with Crippen LogP contribution in [0.15, 0.2) is 30.1 Å². The third kappa shape index (κ3) is 3.83. The van der Waals surface area contributed by atoms with E-state index in [1.807, 2.05) is 39.0 Å². The van der Waals surface area contributed by atoms with Crippen molar-refractivity contribution in [2.24, 2.45) is 0 Å². The van der Waals surface area contributed by atoms with Crippen molar-refractivity contribution in [3.05, 3.63) is 35.7 Å². The zero-order chi connectivity index (χ0) is 16.1. The summed E-state index contributed by atoms with van der Waals surface area (Å²) in [5.74, 6) is 0.345. The quantitative estimate of drug-likeness (QED) is 0.681. The van der Waals surface area contributed by atoms with Crippen LogP contribution in [0, 0.1) is 18.3 Å². The van der Waals surface area contributed by atoms with Gasteiger partial charge in [0.1, 0.15) is 17.5 Å². The van der Waals surface area contributed by atoms with Crippen LogP contribution in [0.1, 0.15) is 19.4 Å². The fraction of sp³-hybridized carbons (Fsp3) is 0.438. The molecule has 1 fully saturated rings. The van der Waals surface area contributed by atoms with Crippen LogP contribution >= 0.6 is 0 Å². The van der Waals surface area contributed by atoms with Gasteiger partial charge < -0.3 is 15.0 Å².